The predicted molar refractivity (Wildman–Crippen MR) is 26.9 cm³/mol. The molecule has 0 aliphatic rings. The number of carbonyl (C=O) groups excluding carboxylic acids is 1. The van der Waals surface area contributed by atoms with Gasteiger partial charge in [-0.25, -0.2) is 0 Å². The van der Waals surface area contributed by atoms with Crippen molar-refractivity contribution in [3.8, 4) is 0 Å². The van der Waals surface area contributed by atoms with Gasteiger partial charge in [-0.3, -0.25) is 0 Å². The molecule has 0 rings (SSSR count). The average Bonchev–Trinajstić information content (AvgIpc) is 1.68. The zero-order valence-corrected chi connectivity index (χ0v) is 4.00. The molecule has 2 heteroatoms. The number of aliphatic hydroxyl groups is 1. The van der Waals surface area contributed by atoms with Gasteiger partial charge in [-0.05, 0) is 6.42 Å². The summed E-state index contributed by atoms with van der Waals surface area (Å²) in [6, 6.07) is 0. The van der Waals surface area contributed by atoms with Gasteiger partial charge in [0, 0.05) is 0 Å². The fourth-order valence-corrected chi connectivity index (χ4v) is 0.226. The molecule has 1 N–H and O–H groups in total. The van der Waals surface area contributed by atoms with Crippen molar-refractivity contribution in [2.24, 2.45) is 0 Å². The minimum absolute atomic E-state index is 0.351. The Hall–Kier alpha value is -0.630. The molecule has 0 aliphatic heterocycles. The highest BCUT2D eigenvalue weighted by Gasteiger charge is 1.93. The van der Waals surface area contributed by atoms with E-state index in [-0.39, 0.29) is 0 Å². The second kappa shape index (κ2) is 3.56. The number of aliphatic hydroxyl groups excluding tert-OH is 1. The van der Waals surface area contributed by atoms with Gasteiger partial charge in [0.05, 0.1) is 0 Å². The fourth-order valence-electron chi connectivity index (χ4n) is 0.226. The van der Waals surface area contributed by atoms with Gasteiger partial charge in [0.1, 0.15) is 12.4 Å². The van der Waals surface area contributed by atoms with Crippen LogP contribution in [0.2, 0.25) is 0 Å². The topological polar surface area (TPSA) is 37.3 Å². The Morgan fingerprint density at radius 3 is 2.57 bits per heavy atom. The first-order valence-corrected chi connectivity index (χ1v) is 2.05. The molecular formula is C5H8O2. The molecule has 0 radical (unpaired) electrons. The molecule has 0 saturated carbocycles. The van der Waals surface area contributed by atoms with E-state index in [1.807, 2.05) is 0 Å². The molecular weight excluding hydrogens is 92.1 g/mol. The van der Waals surface area contributed by atoms with Crippen LogP contribution >= 0.6 is 0 Å². The van der Waals surface area contributed by atoms with E-state index in [0.717, 1.165) is 0 Å². The summed E-state index contributed by atoms with van der Waals surface area (Å²) >= 11 is 0. The number of aldehydes is 1. The lowest BCUT2D eigenvalue weighted by atomic mass is 10.3. The summed E-state index contributed by atoms with van der Waals surface area (Å²) in [5, 5.41) is 8.42. The zero-order valence-electron chi connectivity index (χ0n) is 4.00. The summed E-state index contributed by atoms with van der Waals surface area (Å²) in [5.41, 5.74) is 0. The smallest absolute Gasteiger partial charge is 0.148 e. The molecule has 0 unspecified atom stereocenters. The third-order valence-electron chi connectivity index (χ3n) is 0.565. The van der Waals surface area contributed by atoms with Crippen molar-refractivity contribution in [1.82, 2.24) is 0 Å². The molecule has 0 spiro atoms. The standard InChI is InChI=1S/C5H8O2/c1-2-3-5(7)4-6/h2,4-5,7H,1,3H2/t5-/m0/s1. The van der Waals surface area contributed by atoms with Crippen LogP contribution in [0.1, 0.15) is 6.42 Å². The monoisotopic (exact) mass is 100 g/mol. The maximum atomic E-state index is 9.60. The zero-order chi connectivity index (χ0) is 5.70. The summed E-state index contributed by atoms with van der Waals surface area (Å²) in [5.74, 6) is 0. The van der Waals surface area contributed by atoms with Gasteiger partial charge in [0.25, 0.3) is 0 Å². The first kappa shape index (κ1) is 6.37. The molecule has 0 heterocycles. The van der Waals surface area contributed by atoms with Gasteiger partial charge in [0.2, 0.25) is 0 Å². The van der Waals surface area contributed by atoms with Crippen molar-refractivity contribution < 1.29 is 9.90 Å². The normalized spacial score (nSPS) is 12.7. The number of rotatable bonds is 3. The summed E-state index contributed by atoms with van der Waals surface area (Å²) in [6.45, 7) is 3.33. The average molecular weight is 100 g/mol. The van der Waals surface area contributed by atoms with Crippen LogP contribution in [0.5, 0.6) is 0 Å². The van der Waals surface area contributed by atoms with Crippen molar-refractivity contribution in [2.75, 3.05) is 0 Å². The fraction of sp³-hybridized carbons (Fsp3) is 0.400. The second-order valence-corrected chi connectivity index (χ2v) is 1.23. The summed E-state index contributed by atoms with van der Waals surface area (Å²) in [4.78, 5) is 9.60. The first-order valence-electron chi connectivity index (χ1n) is 2.05. The molecule has 40 valence electrons. The quantitative estimate of drug-likeness (QED) is 0.404. The highest BCUT2D eigenvalue weighted by Crippen LogP contribution is 1.84. The first-order chi connectivity index (χ1) is 3.31. The van der Waals surface area contributed by atoms with Gasteiger partial charge in [0.15, 0.2) is 0 Å². The molecule has 0 aliphatic carbocycles. The molecule has 0 aromatic carbocycles. The highest BCUT2D eigenvalue weighted by atomic mass is 16.3. The van der Waals surface area contributed by atoms with Crippen LogP contribution in [-0.4, -0.2) is 17.5 Å². The molecule has 0 saturated heterocycles. The van der Waals surface area contributed by atoms with E-state index in [1.54, 1.807) is 0 Å². The minimum Gasteiger partial charge on any atom is -0.385 e. The van der Waals surface area contributed by atoms with Crippen LogP contribution in [0.15, 0.2) is 12.7 Å². The van der Waals surface area contributed by atoms with Crippen LogP contribution < -0.4 is 0 Å². The van der Waals surface area contributed by atoms with Crippen LogP contribution in [0.25, 0.3) is 0 Å². The van der Waals surface area contributed by atoms with E-state index in [1.165, 1.54) is 6.08 Å². The SMILES string of the molecule is C=CC[C@H](O)C=O. The Morgan fingerprint density at radius 2 is 2.43 bits per heavy atom. The van der Waals surface area contributed by atoms with E-state index in [4.69, 9.17) is 5.11 Å². The van der Waals surface area contributed by atoms with E-state index in [0.29, 0.717) is 12.7 Å². The lowest BCUT2D eigenvalue weighted by molar-refractivity contribution is -0.114. The van der Waals surface area contributed by atoms with Crippen LogP contribution in [-0.2, 0) is 4.79 Å². The second-order valence-electron chi connectivity index (χ2n) is 1.23. The molecule has 0 fully saturated rings. The molecule has 0 aromatic heterocycles. The Bertz CT molecular complexity index is 68.5. The van der Waals surface area contributed by atoms with Crippen LogP contribution in [0.4, 0.5) is 0 Å². The lowest BCUT2D eigenvalue weighted by Gasteiger charge is -1.91. The van der Waals surface area contributed by atoms with Gasteiger partial charge in [-0.1, -0.05) is 6.08 Å². The maximum Gasteiger partial charge on any atom is 0.148 e. The summed E-state index contributed by atoms with van der Waals surface area (Å²) in [6.07, 6.45) is 1.49. The van der Waals surface area contributed by atoms with Crippen molar-refractivity contribution >= 4 is 6.29 Å². The van der Waals surface area contributed by atoms with E-state index >= 15 is 0 Å². The van der Waals surface area contributed by atoms with Crippen molar-refractivity contribution in [2.45, 2.75) is 12.5 Å². The Morgan fingerprint density at radius 1 is 1.86 bits per heavy atom. The lowest BCUT2D eigenvalue weighted by Crippen LogP contribution is -2.04. The van der Waals surface area contributed by atoms with E-state index in [2.05, 4.69) is 6.58 Å². The van der Waals surface area contributed by atoms with Gasteiger partial charge in [-0.15, -0.1) is 6.58 Å². The number of hydrogen-bond acceptors (Lipinski definition) is 2. The van der Waals surface area contributed by atoms with Gasteiger partial charge >= 0.3 is 0 Å². The number of carbonyl (C=O) groups is 1. The number of hydrogen-bond donors (Lipinski definition) is 1. The Kier molecular flexibility index (Phi) is 3.24. The molecule has 0 aromatic rings. The molecule has 0 bridgehead atoms. The summed E-state index contributed by atoms with van der Waals surface area (Å²) in [7, 11) is 0. The van der Waals surface area contributed by atoms with Crippen molar-refractivity contribution in [3.63, 3.8) is 0 Å². The van der Waals surface area contributed by atoms with Crippen LogP contribution in [0, 0.1) is 0 Å². The van der Waals surface area contributed by atoms with Gasteiger partial charge < -0.3 is 9.90 Å². The Labute approximate surface area is 42.5 Å². The largest absolute Gasteiger partial charge is 0.385 e. The molecule has 1 atom stereocenters. The van der Waals surface area contributed by atoms with E-state index in [9.17, 15) is 4.79 Å². The molecule has 2 nitrogen and oxygen atoms in total. The molecule has 7 heavy (non-hydrogen) atoms. The van der Waals surface area contributed by atoms with Crippen LogP contribution in [0.3, 0.4) is 0 Å². The van der Waals surface area contributed by atoms with Gasteiger partial charge in [-0.2, -0.15) is 0 Å². The summed E-state index contributed by atoms with van der Waals surface area (Å²) < 4.78 is 0. The van der Waals surface area contributed by atoms with E-state index < -0.39 is 6.10 Å². The Balaban J connectivity index is 3.15. The third kappa shape index (κ3) is 3.19. The molecule has 0 amide bonds. The maximum absolute atomic E-state index is 9.60. The predicted octanol–water partition coefficient (Wildman–Crippen LogP) is 0.122. The third-order valence-corrected chi connectivity index (χ3v) is 0.565. The minimum atomic E-state index is -0.850. The highest BCUT2D eigenvalue weighted by molar-refractivity contribution is 5.55. The van der Waals surface area contributed by atoms with Crippen molar-refractivity contribution in [1.29, 1.82) is 0 Å². The van der Waals surface area contributed by atoms with Crippen molar-refractivity contribution in [3.05, 3.63) is 12.7 Å².